The highest BCUT2D eigenvalue weighted by Gasteiger charge is 2.45. The van der Waals surface area contributed by atoms with Crippen molar-refractivity contribution < 1.29 is 28.3 Å². The second kappa shape index (κ2) is 17.2. The smallest absolute Gasteiger partial charge is 0.351 e. The second-order valence-corrected chi connectivity index (χ2v) is 16.7. The molecule has 0 bridgehead atoms. The van der Waals surface area contributed by atoms with Crippen LogP contribution in [-0.4, -0.2) is 77.6 Å². The van der Waals surface area contributed by atoms with Crippen molar-refractivity contribution in [2.24, 2.45) is 0 Å². The van der Waals surface area contributed by atoms with Gasteiger partial charge >= 0.3 is 5.69 Å². The van der Waals surface area contributed by atoms with Crippen LogP contribution in [0.4, 0.5) is 5.82 Å². The molecule has 1 amide bonds. The van der Waals surface area contributed by atoms with E-state index in [2.05, 4.69) is 30.5 Å². The molecule has 1 N–H and O–H groups in total. The zero-order chi connectivity index (χ0) is 40.8. The third-order valence-corrected chi connectivity index (χ3v) is 13.1. The fourth-order valence-electron chi connectivity index (χ4n) is 6.92. The molecule has 3 atom stereocenters. The van der Waals surface area contributed by atoms with Crippen LogP contribution in [-0.2, 0) is 31.4 Å². The molecule has 0 unspecified atom stereocenters. The van der Waals surface area contributed by atoms with Gasteiger partial charge in [-0.15, -0.1) is 0 Å². The van der Waals surface area contributed by atoms with E-state index < -0.39 is 42.2 Å². The molecule has 0 saturated carbocycles. The quantitative estimate of drug-likeness (QED) is 0.0987. The lowest BCUT2D eigenvalue weighted by atomic mass is 9.80. The molecule has 1 aliphatic heterocycles. The van der Waals surface area contributed by atoms with Gasteiger partial charge in [0.25, 0.3) is 12.5 Å². The molecule has 18 heteroatoms. The van der Waals surface area contributed by atoms with E-state index in [0.29, 0.717) is 17.1 Å². The molecule has 0 spiro atoms. The monoisotopic (exact) mass is 831 g/mol. The number of hydrogen-bond donors (Lipinski definition) is 1. The molecule has 8 rings (SSSR count). The number of nitrogens with one attached hydrogen (secondary N) is 1. The van der Waals surface area contributed by atoms with Gasteiger partial charge in [0.2, 0.25) is 0 Å². The molecule has 300 valence electrons. The topological polar surface area (TPSA) is 172 Å². The maximum absolute atomic E-state index is 13.7. The average molecular weight is 832 g/mol. The Balaban J connectivity index is 1.18. The van der Waals surface area contributed by atoms with E-state index in [-0.39, 0.29) is 18.8 Å². The first kappa shape index (κ1) is 39.5. The number of amides is 1. The molecule has 7 aromatic rings. The van der Waals surface area contributed by atoms with Crippen LogP contribution in [0, 0.1) is 0 Å². The van der Waals surface area contributed by atoms with Crippen molar-refractivity contribution >= 4 is 30.1 Å². The van der Waals surface area contributed by atoms with E-state index in [9.17, 15) is 9.59 Å². The minimum Gasteiger partial charge on any atom is -0.497 e. The van der Waals surface area contributed by atoms with E-state index in [1.165, 1.54) is 51.0 Å². The SMILES string of the molecule is COc1ccc(C(OC[C@H]2O[C@@H](n3ccc(NC(=O)c4ccccc4)nc3=O)C[C@@H]2OP(=S)(n2cncn2)n2cncn2)(c2ccccc2)c2ccc(OC)cc2)cc1. The standard InChI is InChI=1S/C41H38N9O7PS/c1-53-33-17-13-31(14-18-33)41(30-11-7-4-8-12-30,32-15-19-34(54-2)20-16-32)55-24-36-35(57-58(59,49-27-42-25-44-49)50-28-43-26-45-50)23-38(56-36)48-22-21-37(47-40(48)52)46-39(51)29-9-5-3-6-10-29/h3-22,25-28,35-36,38H,23-24H2,1-2H3,(H,46,47,51,52)/t35-,36+,38+/m0/s1. The van der Waals surface area contributed by atoms with Gasteiger partial charge < -0.3 is 28.8 Å². The van der Waals surface area contributed by atoms with Gasteiger partial charge in [-0.25, -0.2) is 14.8 Å². The first-order chi connectivity index (χ1) is 28.8. The van der Waals surface area contributed by atoms with Gasteiger partial charge in [0, 0.05) is 18.2 Å². The number of hydrogen-bond acceptors (Lipinski definition) is 13. The summed E-state index contributed by atoms with van der Waals surface area (Å²) in [5.74, 6) is 1.04. The molecular formula is C41H38N9O7PS. The number of aromatic nitrogens is 8. The van der Waals surface area contributed by atoms with E-state index in [1.54, 1.807) is 38.5 Å². The number of carbonyl (C=O) groups excluding carboxylic acids is 1. The molecule has 4 heterocycles. The highest BCUT2D eigenvalue weighted by Crippen LogP contribution is 2.52. The zero-order valence-electron chi connectivity index (χ0n) is 31.8. The van der Waals surface area contributed by atoms with Crippen LogP contribution in [0.5, 0.6) is 11.5 Å². The predicted octanol–water partition coefficient (Wildman–Crippen LogP) is 5.70. The minimum absolute atomic E-state index is 0.0500. The number of methoxy groups -OCH3 is 2. The van der Waals surface area contributed by atoms with E-state index >= 15 is 0 Å². The Morgan fingerprint density at radius 2 is 1.37 bits per heavy atom. The minimum atomic E-state index is -3.35. The largest absolute Gasteiger partial charge is 0.497 e. The Morgan fingerprint density at radius 1 is 0.814 bits per heavy atom. The van der Waals surface area contributed by atoms with Crippen LogP contribution in [0.15, 0.2) is 152 Å². The van der Waals surface area contributed by atoms with Gasteiger partial charge in [-0.1, -0.05) is 72.8 Å². The van der Waals surface area contributed by atoms with Crippen molar-refractivity contribution in [1.82, 2.24) is 38.6 Å². The molecule has 3 aromatic heterocycles. The maximum atomic E-state index is 13.7. The third kappa shape index (κ3) is 8.06. The fourth-order valence-corrected chi connectivity index (χ4v) is 9.45. The summed E-state index contributed by atoms with van der Waals surface area (Å²) in [6, 6.07) is 35.4. The number of carbonyl (C=O) groups is 1. The highest BCUT2D eigenvalue weighted by atomic mass is 32.5. The third-order valence-electron chi connectivity index (χ3n) is 9.84. The van der Waals surface area contributed by atoms with Crippen LogP contribution in [0.2, 0.25) is 0 Å². The number of benzene rings is 4. The lowest BCUT2D eigenvalue weighted by molar-refractivity contribution is -0.0911. The molecule has 1 saturated heterocycles. The predicted molar refractivity (Wildman–Crippen MR) is 220 cm³/mol. The van der Waals surface area contributed by atoms with Crippen molar-refractivity contribution in [1.29, 1.82) is 0 Å². The number of anilines is 1. The van der Waals surface area contributed by atoms with Crippen LogP contribution in [0.3, 0.4) is 0 Å². The first-order valence-corrected chi connectivity index (χ1v) is 21.0. The van der Waals surface area contributed by atoms with Crippen molar-refractivity contribution in [3.8, 4) is 11.5 Å². The Hall–Kier alpha value is -6.36. The molecule has 1 fully saturated rings. The summed E-state index contributed by atoms with van der Waals surface area (Å²) in [5, 5.41) is 11.4. The number of nitrogens with zero attached hydrogens (tertiary/aromatic N) is 8. The van der Waals surface area contributed by atoms with Crippen LogP contribution in [0.1, 0.15) is 39.7 Å². The van der Waals surface area contributed by atoms with Gasteiger partial charge in [0.05, 0.1) is 26.9 Å². The maximum Gasteiger partial charge on any atom is 0.351 e. The van der Waals surface area contributed by atoms with Gasteiger partial charge in [-0.2, -0.15) is 24.1 Å². The molecule has 4 aromatic carbocycles. The average Bonchev–Trinajstić information content (AvgIpc) is 4.10. The first-order valence-electron chi connectivity index (χ1n) is 18.4. The van der Waals surface area contributed by atoms with E-state index in [4.69, 9.17) is 35.3 Å². The zero-order valence-corrected chi connectivity index (χ0v) is 33.5. The van der Waals surface area contributed by atoms with Crippen LogP contribution >= 0.6 is 6.57 Å². The van der Waals surface area contributed by atoms with Gasteiger partial charge in [-0.3, -0.25) is 9.36 Å². The lowest BCUT2D eigenvalue weighted by Gasteiger charge is -2.37. The molecule has 0 radical (unpaired) electrons. The molecule has 16 nitrogen and oxygen atoms in total. The Labute approximate surface area is 343 Å². The fraction of sp³-hybridized carbons (Fsp3) is 0.195. The number of ether oxygens (including phenoxy) is 4. The van der Waals surface area contributed by atoms with E-state index in [0.717, 1.165) is 16.7 Å². The Bertz CT molecular complexity index is 2500. The molecular weight excluding hydrogens is 794 g/mol. The molecule has 59 heavy (non-hydrogen) atoms. The highest BCUT2D eigenvalue weighted by molar-refractivity contribution is 8.10. The van der Waals surface area contributed by atoms with E-state index in [1.807, 2.05) is 84.9 Å². The summed E-state index contributed by atoms with van der Waals surface area (Å²) in [6.45, 7) is -3.40. The van der Waals surface area contributed by atoms with Crippen molar-refractivity contribution in [2.45, 2.75) is 30.5 Å². The Kier molecular flexibility index (Phi) is 11.5. The van der Waals surface area contributed by atoms with Gasteiger partial charge in [-0.05, 0) is 71.0 Å². The van der Waals surface area contributed by atoms with Crippen LogP contribution < -0.4 is 20.5 Å². The van der Waals surface area contributed by atoms with Gasteiger partial charge in [0.15, 0.2) is 0 Å². The summed E-state index contributed by atoms with van der Waals surface area (Å²) < 4.78 is 36.1. The molecule has 0 aliphatic carbocycles. The lowest BCUT2D eigenvalue weighted by Crippen LogP contribution is -2.38. The second-order valence-electron chi connectivity index (χ2n) is 13.3. The van der Waals surface area contributed by atoms with Crippen LogP contribution in [0.25, 0.3) is 0 Å². The Morgan fingerprint density at radius 3 is 1.90 bits per heavy atom. The summed E-state index contributed by atoms with van der Waals surface area (Å²) >= 11 is 6.21. The van der Waals surface area contributed by atoms with Gasteiger partial charge in [0.1, 0.15) is 60.6 Å². The summed E-state index contributed by atoms with van der Waals surface area (Å²) in [6.07, 6.45) is 4.83. The summed E-state index contributed by atoms with van der Waals surface area (Å²) in [4.78, 5) is 38.9. The normalized spacial score (nSPS) is 16.7. The van der Waals surface area contributed by atoms with Crippen molar-refractivity contribution in [2.75, 3.05) is 26.1 Å². The number of rotatable bonds is 15. The van der Waals surface area contributed by atoms with Crippen molar-refractivity contribution in [3.63, 3.8) is 0 Å². The summed E-state index contributed by atoms with van der Waals surface area (Å²) in [5.41, 5.74) is 1.04. The summed E-state index contributed by atoms with van der Waals surface area (Å²) in [7, 11) is 3.23. The molecule has 1 aliphatic rings. The van der Waals surface area contributed by atoms with Crippen molar-refractivity contribution in [3.05, 3.63) is 180 Å².